The quantitative estimate of drug-likeness (QED) is 0.0462. The van der Waals surface area contributed by atoms with Crippen LogP contribution in [0.25, 0.3) is 0 Å². The van der Waals surface area contributed by atoms with Crippen molar-refractivity contribution in [2.24, 2.45) is 11.8 Å². The number of aliphatic hydroxyl groups excluding tert-OH is 4. The summed E-state index contributed by atoms with van der Waals surface area (Å²) in [7, 11) is 0. The second-order valence-electron chi connectivity index (χ2n) is 12.7. The summed E-state index contributed by atoms with van der Waals surface area (Å²) in [5.74, 6) is 0.783. The highest BCUT2D eigenvalue weighted by Gasteiger charge is 2.22. The molecule has 5 atom stereocenters. The molecule has 274 valence electrons. The molecule has 1 fully saturated rings. The van der Waals surface area contributed by atoms with Gasteiger partial charge in [0.05, 0.1) is 44.7 Å². The molecular formula is C36H70O10. The van der Waals surface area contributed by atoms with Gasteiger partial charge in [0, 0.05) is 13.2 Å². The van der Waals surface area contributed by atoms with E-state index < -0.39 is 12.2 Å². The summed E-state index contributed by atoms with van der Waals surface area (Å²) in [5.41, 5.74) is 0. The van der Waals surface area contributed by atoms with Crippen LogP contribution in [0.2, 0.25) is 0 Å². The van der Waals surface area contributed by atoms with Crippen LogP contribution < -0.4 is 0 Å². The molecule has 1 rings (SSSR count). The Morgan fingerprint density at radius 1 is 0.696 bits per heavy atom. The molecule has 0 amide bonds. The topological polar surface area (TPSA) is 160 Å². The van der Waals surface area contributed by atoms with Crippen molar-refractivity contribution >= 4 is 17.9 Å². The number of carbonyl (C=O) groups excluding carboxylic acids is 3. The van der Waals surface area contributed by atoms with E-state index in [0.717, 1.165) is 76.5 Å². The predicted octanol–water partition coefficient (Wildman–Crippen LogP) is 6.42. The lowest BCUT2D eigenvalue weighted by Gasteiger charge is -2.20. The van der Waals surface area contributed by atoms with Gasteiger partial charge < -0.3 is 34.6 Å². The fourth-order valence-corrected chi connectivity index (χ4v) is 5.04. The lowest BCUT2D eigenvalue weighted by molar-refractivity contribution is -0.167. The highest BCUT2D eigenvalue weighted by atomic mass is 16.6. The average Bonchev–Trinajstić information content (AvgIpc) is 2.98. The van der Waals surface area contributed by atoms with Gasteiger partial charge in [-0.1, -0.05) is 84.5 Å². The molecule has 1 aliphatic rings. The minimum atomic E-state index is -0.645. The van der Waals surface area contributed by atoms with Crippen LogP contribution >= 0.6 is 0 Å². The van der Waals surface area contributed by atoms with Crippen molar-refractivity contribution in [3.05, 3.63) is 0 Å². The summed E-state index contributed by atoms with van der Waals surface area (Å²) in [4.78, 5) is 32.5. The Morgan fingerprint density at radius 2 is 1.04 bits per heavy atom. The fraction of sp³-hybridized carbons (Fsp3) is 0.917. The Kier molecular flexibility index (Phi) is 33.4. The Hall–Kier alpha value is -1.75. The molecule has 10 nitrogen and oxygen atoms in total. The molecule has 0 aliphatic carbocycles. The number of cyclic esters (lactones) is 1. The Balaban J connectivity index is 0. The third kappa shape index (κ3) is 33.6. The molecule has 0 radical (unpaired) electrons. The van der Waals surface area contributed by atoms with E-state index >= 15 is 0 Å². The highest BCUT2D eigenvalue weighted by molar-refractivity contribution is 5.74. The minimum Gasteiger partial charge on any atom is -0.466 e. The standard InChI is InChI=1S/C20H38O6.C12H26O2.C4H6O2/c1-4-18(11-7-9-13-26-20(24)15-17(3)22)10-6-5-8-12-25-19(23)14-16(2)21;1-2-12(9-5-7-11-14)8-4-3-6-10-13;1-3-2-4(5)6-3/h16-18,21-22H,4-15H2,1-3H3;12-14H,2-11H2,1H3;3H,2H2,1H3. The maximum atomic E-state index is 11.3. The number of hydrogen-bond acceptors (Lipinski definition) is 10. The molecule has 0 aromatic carbocycles. The molecule has 1 heterocycles. The Bertz CT molecular complexity index is 705. The second kappa shape index (κ2) is 33.2. The number of ether oxygens (including phenoxy) is 3. The van der Waals surface area contributed by atoms with Gasteiger partial charge >= 0.3 is 17.9 Å². The van der Waals surface area contributed by atoms with E-state index in [1.54, 1.807) is 13.8 Å². The van der Waals surface area contributed by atoms with Crippen molar-refractivity contribution in [2.45, 2.75) is 175 Å². The van der Waals surface area contributed by atoms with E-state index in [1.807, 2.05) is 6.92 Å². The predicted molar refractivity (Wildman–Crippen MR) is 181 cm³/mol. The van der Waals surface area contributed by atoms with Crippen LogP contribution in [-0.4, -0.2) is 83.1 Å². The molecule has 0 bridgehead atoms. The number of hydrogen-bond donors (Lipinski definition) is 4. The van der Waals surface area contributed by atoms with Crippen LogP contribution in [0.5, 0.6) is 0 Å². The summed E-state index contributed by atoms with van der Waals surface area (Å²) >= 11 is 0. The molecule has 0 saturated carbocycles. The lowest BCUT2D eigenvalue weighted by atomic mass is 9.93. The van der Waals surface area contributed by atoms with Gasteiger partial charge in [0.2, 0.25) is 0 Å². The van der Waals surface area contributed by atoms with Gasteiger partial charge in [-0.15, -0.1) is 0 Å². The van der Waals surface area contributed by atoms with Gasteiger partial charge in [0.1, 0.15) is 6.10 Å². The number of aliphatic hydroxyl groups is 4. The maximum Gasteiger partial charge on any atom is 0.309 e. The molecule has 0 spiro atoms. The van der Waals surface area contributed by atoms with Crippen LogP contribution in [0.1, 0.15) is 157 Å². The van der Waals surface area contributed by atoms with Gasteiger partial charge in [-0.05, 0) is 64.7 Å². The van der Waals surface area contributed by atoms with Crippen molar-refractivity contribution in [1.29, 1.82) is 0 Å². The number of esters is 3. The smallest absolute Gasteiger partial charge is 0.309 e. The van der Waals surface area contributed by atoms with Crippen molar-refractivity contribution in [3.8, 4) is 0 Å². The Labute approximate surface area is 280 Å². The fourth-order valence-electron chi connectivity index (χ4n) is 5.04. The molecule has 5 unspecified atom stereocenters. The first-order valence-corrected chi connectivity index (χ1v) is 18.1. The molecule has 1 aliphatic heterocycles. The van der Waals surface area contributed by atoms with Crippen molar-refractivity contribution < 1.29 is 49.0 Å². The highest BCUT2D eigenvalue weighted by Crippen LogP contribution is 2.21. The number of rotatable bonds is 26. The van der Waals surface area contributed by atoms with E-state index in [2.05, 4.69) is 18.6 Å². The first kappa shape index (κ1) is 46.4. The number of carbonyl (C=O) groups is 3. The SMILES string of the molecule is CC1CC(=O)O1.CCC(CCCCCOC(=O)CC(C)O)CCCCOC(=O)CC(C)O.CCC(CCCCO)CCCCCO. The summed E-state index contributed by atoms with van der Waals surface area (Å²) in [5, 5.41) is 35.5. The summed E-state index contributed by atoms with van der Waals surface area (Å²) in [6.07, 6.45) is 17.3. The van der Waals surface area contributed by atoms with Crippen LogP contribution in [0.15, 0.2) is 0 Å². The van der Waals surface area contributed by atoms with E-state index in [9.17, 15) is 14.4 Å². The zero-order valence-electron chi connectivity index (χ0n) is 29.9. The minimum absolute atomic E-state index is 0.0614. The largest absolute Gasteiger partial charge is 0.466 e. The van der Waals surface area contributed by atoms with Crippen molar-refractivity contribution in [3.63, 3.8) is 0 Å². The van der Waals surface area contributed by atoms with Crippen LogP contribution in [0, 0.1) is 11.8 Å². The summed E-state index contributed by atoms with van der Waals surface area (Å²) in [6.45, 7) is 11.0. The van der Waals surface area contributed by atoms with E-state index in [0.29, 0.717) is 38.8 Å². The zero-order valence-corrected chi connectivity index (χ0v) is 29.9. The van der Waals surface area contributed by atoms with E-state index in [4.69, 9.17) is 29.9 Å². The summed E-state index contributed by atoms with van der Waals surface area (Å²) < 4.78 is 14.6. The first-order chi connectivity index (χ1) is 22.0. The zero-order chi connectivity index (χ0) is 35.0. The van der Waals surface area contributed by atoms with Crippen LogP contribution in [0.4, 0.5) is 0 Å². The van der Waals surface area contributed by atoms with Gasteiger partial charge in [-0.25, -0.2) is 0 Å². The molecular weight excluding hydrogens is 592 g/mol. The maximum absolute atomic E-state index is 11.3. The molecule has 46 heavy (non-hydrogen) atoms. The van der Waals surface area contributed by atoms with Crippen LogP contribution in [-0.2, 0) is 28.6 Å². The van der Waals surface area contributed by atoms with Gasteiger partial charge in [0.15, 0.2) is 0 Å². The average molecular weight is 663 g/mol. The van der Waals surface area contributed by atoms with Crippen molar-refractivity contribution in [1.82, 2.24) is 0 Å². The van der Waals surface area contributed by atoms with Crippen LogP contribution in [0.3, 0.4) is 0 Å². The summed E-state index contributed by atoms with van der Waals surface area (Å²) in [6, 6.07) is 0. The van der Waals surface area contributed by atoms with Gasteiger partial charge in [-0.3, -0.25) is 14.4 Å². The lowest BCUT2D eigenvalue weighted by Crippen LogP contribution is -2.29. The Morgan fingerprint density at radius 3 is 1.37 bits per heavy atom. The second-order valence-corrected chi connectivity index (χ2v) is 12.7. The first-order valence-electron chi connectivity index (χ1n) is 18.1. The molecule has 0 aromatic rings. The van der Waals surface area contributed by atoms with Crippen molar-refractivity contribution in [2.75, 3.05) is 26.4 Å². The third-order valence-electron chi connectivity index (χ3n) is 7.95. The van der Waals surface area contributed by atoms with E-state index in [-0.39, 0.29) is 36.9 Å². The van der Waals surface area contributed by atoms with Gasteiger partial charge in [-0.2, -0.15) is 0 Å². The van der Waals surface area contributed by atoms with E-state index in [1.165, 1.54) is 32.1 Å². The third-order valence-corrected chi connectivity index (χ3v) is 7.95. The number of unbranched alkanes of at least 4 members (excludes halogenated alkanes) is 6. The van der Waals surface area contributed by atoms with Gasteiger partial charge in [0.25, 0.3) is 0 Å². The molecule has 1 saturated heterocycles. The molecule has 0 aromatic heterocycles. The molecule has 10 heteroatoms. The monoisotopic (exact) mass is 662 g/mol. The molecule has 4 N–H and O–H groups in total. The normalized spacial score (nSPS) is 16.3.